The van der Waals surface area contributed by atoms with E-state index < -0.39 is 0 Å². The highest BCUT2D eigenvalue weighted by molar-refractivity contribution is 6.30. The van der Waals surface area contributed by atoms with Crippen LogP contribution in [0.15, 0.2) is 77.4 Å². The van der Waals surface area contributed by atoms with Gasteiger partial charge in [-0.1, -0.05) is 59.2 Å². The summed E-state index contributed by atoms with van der Waals surface area (Å²) < 4.78 is 5.39. The fourth-order valence-electron chi connectivity index (χ4n) is 2.54. The summed E-state index contributed by atoms with van der Waals surface area (Å²) in [7, 11) is 0. The van der Waals surface area contributed by atoms with E-state index in [0.29, 0.717) is 27.8 Å². The van der Waals surface area contributed by atoms with Crippen molar-refractivity contribution in [3.63, 3.8) is 0 Å². The van der Waals surface area contributed by atoms with Gasteiger partial charge in [0.25, 0.3) is 11.8 Å². The molecule has 6 nitrogen and oxygen atoms in total. The summed E-state index contributed by atoms with van der Waals surface area (Å²) in [5.74, 6) is 0.790. The molecule has 2 aromatic heterocycles. The van der Waals surface area contributed by atoms with Gasteiger partial charge in [-0.2, -0.15) is 4.98 Å². The molecule has 0 bridgehead atoms. The first kappa shape index (κ1) is 16.9. The van der Waals surface area contributed by atoms with Gasteiger partial charge < -0.3 is 9.84 Å². The molecule has 0 fully saturated rings. The number of hydrogen-bond donors (Lipinski definition) is 1. The lowest BCUT2D eigenvalue weighted by atomic mass is 10.1. The van der Waals surface area contributed by atoms with Crippen LogP contribution in [0.3, 0.4) is 0 Å². The van der Waals surface area contributed by atoms with Crippen molar-refractivity contribution in [1.29, 1.82) is 0 Å². The average molecular weight is 377 g/mol. The number of pyridine rings is 1. The van der Waals surface area contributed by atoms with Crippen molar-refractivity contribution < 1.29 is 9.32 Å². The van der Waals surface area contributed by atoms with Gasteiger partial charge in [0.05, 0.1) is 16.1 Å². The lowest BCUT2D eigenvalue weighted by molar-refractivity contribution is 0.102. The van der Waals surface area contributed by atoms with E-state index in [1.54, 1.807) is 36.4 Å². The first-order valence-electron chi connectivity index (χ1n) is 8.12. The van der Waals surface area contributed by atoms with Crippen molar-refractivity contribution in [3.05, 3.63) is 83.5 Å². The SMILES string of the molecule is O=C(Nc1ccc(Cl)cn1)c1ccccc1-c1nc(-c2ccccc2)no1. The summed E-state index contributed by atoms with van der Waals surface area (Å²) >= 11 is 5.82. The lowest BCUT2D eigenvalue weighted by Crippen LogP contribution is -2.14. The summed E-state index contributed by atoms with van der Waals surface area (Å²) in [4.78, 5) is 21.2. The molecule has 2 heterocycles. The third kappa shape index (κ3) is 3.70. The molecule has 132 valence electrons. The molecule has 4 aromatic rings. The quantitative estimate of drug-likeness (QED) is 0.558. The molecule has 2 aromatic carbocycles. The molecule has 0 radical (unpaired) electrons. The second-order valence-corrected chi connectivity index (χ2v) is 6.09. The van der Waals surface area contributed by atoms with Crippen molar-refractivity contribution >= 4 is 23.3 Å². The largest absolute Gasteiger partial charge is 0.334 e. The maximum Gasteiger partial charge on any atom is 0.259 e. The Kier molecular flexibility index (Phi) is 4.63. The van der Waals surface area contributed by atoms with E-state index in [2.05, 4.69) is 20.4 Å². The van der Waals surface area contributed by atoms with Crippen LogP contribution in [0.2, 0.25) is 5.02 Å². The minimum Gasteiger partial charge on any atom is -0.334 e. The van der Waals surface area contributed by atoms with Gasteiger partial charge in [0.2, 0.25) is 5.82 Å². The van der Waals surface area contributed by atoms with Crippen molar-refractivity contribution in [3.8, 4) is 22.8 Å². The predicted octanol–water partition coefficient (Wildman–Crippen LogP) is 4.70. The van der Waals surface area contributed by atoms with Gasteiger partial charge in [0, 0.05) is 11.8 Å². The Morgan fingerprint density at radius 2 is 1.74 bits per heavy atom. The number of carbonyl (C=O) groups excluding carboxylic acids is 1. The number of hydrogen-bond acceptors (Lipinski definition) is 5. The highest BCUT2D eigenvalue weighted by atomic mass is 35.5. The predicted molar refractivity (Wildman–Crippen MR) is 102 cm³/mol. The maximum atomic E-state index is 12.7. The number of aromatic nitrogens is 3. The Morgan fingerprint density at radius 3 is 2.52 bits per heavy atom. The molecule has 1 amide bonds. The van der Waals surface area contributed by atoms with Crippen LogP contribution in [-0.2, 0) is 0 Å². The molecule has 0 aliphatic rings. The van der Waals surface area contributed by atoms with Crippen LogP contribution in [0.5, 0.6) is 0 Å². The van der Waals surface area contributed by atoms with Gasteiger partial charge in [0.1, 0.15) is 5.82 Å². The molecular formula is C20H13ClN4O2. The van der Waals surface area contributed by atoms with Crippen molar-refractivity contribution in [2.24, 2.45) is 0 Å². The molecule has 27 heavy (non-hydrogen) atoms. The van der Waals surface area contributed by atoms with Crippen LogP contribution in [0, 0.1) is 0 Å². The van der Waals surface area contributed by atoms with Gasteiger partial charge in [0.15, 0.2) is 0 Å². The molecule has 0 unspecified atom stereocenters. The van der Waals surface area contributed by atoms with E-state index in [9.17, 15) is 4.79 Å². The van der Waals surface area contributed by atoms with Crippen molar-refractivity contribution in [1.82, 2.24) is 15.1 Å². The molecule has 1 N–H and O–H groups in total. The van der Waals surface area contributed by atoms with Crippen LogP contribution in [0.1, 0.15) is 10.4 Å². The van der Waals surface area contributed by atoms with Crippen LogP contribution >= 0.6 is 11.6 Å². The Balaban J connectivity index is 1.64. The van der Waals surface area contributed by atoms with Gasteiger partial charge in [-0.3, -0.25) is 4.79 Å². The fraction of sp³-hybridized carbons (Fsp3) is 0. The minimum atomic E-state index is -0.333. The van der Waals surface area contributed by atoms with Crippen LogP contribution < -0.4 is 5.32 Å². The van der Waals surface area contributed by atoms with E-state index in [-0.39, 0.29) is 11.8 Å². The topological polar surface area (TPSA) is 80.9 Å². The zero-order valence-electron chi connectivity index (χ0n) is 14.0. The molecule has 0 saturated carbocycles. The highest BCUT2D eigenvalue weighted by Crippen LogP contribution is 2.25. The van der Waals surface area contributed by atoms with Gasteiger partial charge in [-0.05, 0) is 24.3 Å². The third-order valence-corrected chi connectivity index (χ3v) is 4.05. The fourth-order valence-corrected chi connectivity index (χ4v) is 2.65. The van der Waals surface area contributed by atoms with E-state index in [4.69, 9.17) is 16.1 Å². The lowest BCUT2D eigenvalue weighted by Gasteiger charge is -2.07. The second kappa shape index (κ2) is 7.39. The zero-order valence-corrected chi connectivity index (χ0v) is 14.7. The number of halogens is 1. The zero-order chi connectivity index (χ0) is 18.6. The molecule has 0 atom stereocenters. The molecule has 7 heteroatoms. The number of nitrogens with one attached hydrogen (secondary N) is 1. The highest BCUT2D eigenvalue weighted by Gasteiger charge is 2.18. The second-order valence-electron chi connectivity index (χ2n) is 5.65. The smallest absolute Gasteiger partial charge is 0.259 e. The molecule has 0 aliphatic heterocycles. The van der Waals surface area contributed by atoms with Crippen molar-refractivity contribution in [2.75, 3.05) is 5.32 Å². The first-order valence-corrected chi connectivity index (χ1v) is 8.50. The van der Waals surface area contributed by atoms with Crippen LogP contribution in [0.25, 0.3) is 22.8 Å². The summed E-state index contributed by atoms with van der Waals surface area (Å²) in [6.07, 6.45) is 1.47. The first-order chi connectivity index (χ1) is 13.2. The van der Waals surface area contributed by atoms with Gasteiger partial charge in [-0.15, -0.1) is 0 Å². The normalized spacial score (nSPS) is 10.6. The number of benzene rings is 2. The Labute approximate surface area is 159 Å². The summed E-state index contributed by atoms with van der Waals surface area (Å²) in [6.45, 7) is 0. The Bertz CT molecular complexity index is 1080. The Hall–Kier alpha value is -3.51. The third-order valence-electron chi connectivity index (χ3n) is 3.83. The number of rotatable bonds is 4. The van der Waals surface area contributed by atoms with Crippen LogP contribution in [-0.4, -0.2) is 21.0 Å². The molecule has 0 aliphatic carbocycles. The Morgan fingerprint density at radius 1 is 0.963 bits per heavy atom. The van der Waals surface area contributed by atoms with E-state index in [0.717, 1.165) is 5.56 Å². The van der Waals surface area contributed by atoms with E-state index >= 15 is 0 Å². The molecule has 0 saturated heterocycles. The van der Waals surface area contributed by atoms with Crippen LogP contribution in [0.4, 0.5) is 5.82 Å². The standard InChI is InChI=1S/C20H13ClN4O2/c21-14-10-11-17(22-12-14)23-19(26)15-8-4-5-9-16(15)20-24-18(25-27-20)13-6-2-1-3-7-13/h1-12H,(H,22,23,26). The van der Waals surface area contributed by atoms with E-state index in [1.807, 2.05) is 30.3 Å². The molecular weight excluding hydrogens is 364 g/mol. The van der Waals surface area contributed by atoms with E-state index in [1.165, 1.54) is 6.20 Å². The minimum absolute atomic E-state index is 0.267. The summed E-state index contributed by atoms with van der Waals surface area (Å²) in [5, 5.41) is 7.24. The van der Waals surface area contributed by atoms with Gasteiger partial charge >= 0.3 is 0 Å². The van der Waals surface area contributed by atoms with Gasteiger partial charge in [-0.25, -0.2) is 4.98 Å². The monoisotopic (exact) mass is 376 g/mol. The number of carbonyl (C=O) groups is 1. The molecule has 4 rings (SSSR count). The number of anilines is 1. The maximum absolute atomic E-state index is 12.7. The number of amides is 1. The summed E-state index contributed by atoms with van der Waals surface area (Å²) in [6, 6.07) is 19.8. The molecule has 0 spiro atoms. The number of nitrogens with zero attached hydrogens (tertiary/aromatic N) is 3. The summed E-state index contributed by atoms with van der Waals surface area (Å²) in [5.41, 5.74) is 1.77. The van der Waals surface area contributed by atoms with Crippen molar-refractivity contribution in [2.45, 2.75) is 0 Å². The average Bonchev–Trinajstić information content (AvgIpc) is 3.20.